The number of benzene rings is 1. The zero-order chi connectivity index (χ0) is 30.0. The topological polar surface area (TPSA) is 165 Å². The first kappa shape index (κ1) is 28.2. The van der Waals surface area contributed by atoms with E-state index in [1.165, 1.54) is 19.2 Å². The number of hydrogen-bond donors (Lipinski definition) is 2. The van der Waals surface area contributed by atoms with Gasteiger partial charge >= 0.3 is 0 Å². The molecule has 4 aromatic rings. The van der Waals surface area contributed by atoms with Gasteiger partial charge in [0, 0.05) is 36.1 Å². The molecule has 1 saturated carbocycles. The van der Waals surface area contributed by atoms with Crippen LogP contribution in [0.1, 0.15) is 57.1 Å². The average molecular weight is 598 g/mol. The summed E-state index contributed by atoms with van der Waals surface area (Å²) in [5.74, 6) is 0.724. The van der Waals surface area contributed by atoms with E-state index in [2.05, 4.69) is 46.9 Å². The van der Waals surface area contributed by atoms with E-state index in [-0.39, 0.29) is 18.0 Å². The SMILES string of the molecule is C[C@@H](Cn1cnnn1)Oc1cc(-c2cnc(Nc3cn(C4CCC(N5[C@@H]6CC[C@H]5COC6)CC4)nc3O)nc2)ccc1C#N. The maximum absolute atomic E-state index is 10.6. The molecule has 3 aliphatic rings. The number of nitrogens with zero attached hydrogens (tertiary/aromatic N) is 10. The minimum Gasteiger partial charge on any atom is -0.491 e. The van der Waals surface area contributed by atoms with E-state index < -0.39 is 0 Å². The lowest BCUT2D eigenvalue weighted by molar-refractivity contribution is -0.0458. The molecule has 0 unspecified atom stereocenters. The van der Waals surface area contributed by atoms with E-state index in [0.717, 1.165) is 50.0 Å². The third-order valence-electron chi connectivity index (χ3n) is 8.97. The monoisotopic (exact) mass is 597 g/mol. The molecule has 0 radical (unpaired) electrons. The van der Waals surface area contributed by atoms with Crippen molar-refractivity contribution in [2.75, 3.05) is 18.5 Å². The molecule has 14 nitrogen and oxygen atoms in total. The van der Waals surface area contributed by atoms with E-state index in [1.807, 2.05) is 23.9 Å². The first-order valence-corrected chi connectivity index (χ1v) is 15.2. The van der Waals surface area contributed by atoms with E-state index in [1.54, 1.807) is 29.2 Å². The number of aromatic hydroxyl groups is 1. The molecule has 2 bridgehead atoms. The number of nitriles is 1. The van der Waals surface area contributed by atoms with E-state index in [9.17, 15) is 10.4 Å². The Morgan fingerprint density at radius 2 is 1.77 bits per heavy atom. The number of nitrogens with one attached hydrogen (secondary N) is 1. The molecule has 3 atom stereocenters. The predicted octanol–water partition coefficient (Wildman–Crippen LogP) is 3.46. The summed E-state index contributed by atoms with van der Waals surface area (Å²) in [5, 5.41) is 38.8. The van der Waals surface area contributed by atoms with Gasteiger partial charge in [0.05, 0.1) is 37.6 Å². The number of ether oxygens (including phenoxy) is 2. The van der Waals surface area contributed by atoms with Crippen molar-refractivity contribution in [2.45, 2.75) is 82.3 Å². The molecule has 2 saturated heterocycles. The third kappa shape index (κ3) is 5.80. The van der Waals surface area contributed by atoms with Crippen LogP contribution in [0.5, 0.6) is 11.6 Å². The fourth-order valence-corrected chi connectivity index (χ4v) is 6.87. The van der Waals surface area contributed by atoms with Crippen LogP contribution in [0.25, 0.3) is 11.1 Å². The number of anilines is 2. The Bertz CT molecular complexity index is 1590. The lowest BCUT2D eigenvalue weighted by Crippen LogP contribution is -2.52. The minimum atomic E-state index is -0.271. The van der Waals surface area contributed by atoms with Crippen LogP contribution in [0.4, 0.5) is 11.6 Å². The molecular weight excluding hydrogens is 562 g/mol. The highest BCUT2D eigenvalue weighted by Gasteiger charge is 2.42. The Balaban J connectivity index is 0.981. The van der Waals surface area contributed by atoms with Gasteiger partial charge in [-0.1, -0.05) is 6.07 Å². The van der Waals surface area contributed by atoms with Crippen molar-refractivity contribution >= 4 is 11.6 Å². The lowest BCUT2D eigenvalue weighted by atomic mass is 9.89. The molecule has 1 aromatic carbocycles. The molecule has 2 aliphatic heterocycles. The van der Waals surface area contributed by atoms with Crippen molar-refractivity contribution in [2.24, 2.45) is 0 Å². The fourth-order valence-electron chi connectivity index (χ4n) is 6.87. The maximum atomic E-state index is 10.6. The average Bonchev–Trinajstić information content (AvgIpc) is 3.75. The van der Waals surface area contributed by atoms with Gasteiger partial charge in [-0.05, 0) is 73.6 Å². The second-order valence-electron chi connectivity index (χ2n) is 11.9. The molecule has 5 heterocycles. The molecule has 3 aromatic heterocycles. The van der Waals surface area contributed by atoms with Crippen molar-refractivity contribution in [3.05, 3.63) is 48.7 Å². The zero-order valence-corrected chi connectivity index (χ0v) is 24.5. The van der Waals surface area contributed by atoms with Gasteiger partial charge in [-0.3, -0.25) is 9.58 Å². The van der Waals surface area contributed by atoms with Crippen LogP contribution in [-0.4, -0.2) is 87.4 Å². The molecule has 0 amide bonds. The van der Waals surface area contributed by atoms with Crippen molar-refractivity contribution in [3.63, 3.8) is 0 Å². The smallest absolute Gasteiger partial charge is 0.254 e. The van der Waals surface area contributed by atoms with Gasteiger partial charge in [0.25, 0.3) is 5.88 Å². The summed E-state index contributed by atoms with van der Waals surface area (Å²) < 4.78 is 15.3. The maximum Gasteiger partial charge on any atom is 0.254 e. The molecule has 0 spiro atoms. The summed E-state index contributed by atoms with van der Waals surface area (Å²) >= 11 is 0. The first-order valence-electron chi connectivity index (χ1n) is 15.2. The number of morpholine rings is 1. The molecule has 3 fully saturated rings. The predicted molar refractivity (Wildman–Crippen MR) is 158 cm³/mol. The Kier molecular flexibility index (Phi) is 7.80. The normalized spacial score (nSPS) is 24.1. The largest absolute Gasteiger partial charge is 0.491 e. The van der Waals surface area contributed by atoms with Crippen LogP contribution in [0, 0.1) is 11.3 Å². The first-order chi connectivity index (χ1) is 21.5. The highest BCUT2D eigenvalue weighted by molar-refractivity contribution is 5.67. The lowest BCUT2D eigenvalue weighted by Gasteiger charge is -2.43. The Morgan fingerprint density at radius 1 is 1.05 bits per heavy atom. The van der Waals surface area contributed by atoms with Crippen LogP contribution in [-0.2, 0) is 11.3 Å². The molecule has 228 valence electrons. The second-order valence-corrected chi connectivity index (χ2v) is 11.9. The molecule has 7 rings (SSSR count). The number of rotatable bonds is 9. The van der Waals surface area contributed by atoms with Gasteiger partial charge in [-0.25, -0.2) is 14.6 Å². The summed E-state index contributed by atoms with van der Waals surface area (Å²) in [4.78, 5) is 11.7. The number of hydrogen-bond acceptors (Lipinski definition) is 12. The summed E-state index contributed by atoms with van der Waals surface area (Å²) in [7, 11) is 0. The minimum absolute atomic E-state index is 0.0734. The van der Waals surface area contributed by atoms with E-state index >= 15 is 0 Å². The summed E-state index contributed by atoms with van der Waals surface area (Å²) in [6, 6.07) is 9.54. The van der Waals surface area contributed by atoms with Crippen molar-refractivity contribution in [3.8, 4) is 28.8 Å². The van der Waals surface area contributed by atoms with Gasteiger partial charge in [0.1, 0.15) is 29.9 Å². The van der Waals surface area contributed by atoms with Gasteiger partial charge in [-0.2, -0.15) is 5.26 Å². The molecule has 1 aliphatic carbocycles. The number of aromatic nitrogens is 8. The molecule has 44 heavy (non-hydrogen) atoms. The fraction of sp³-hybridized carbons (Fsp3) is 0.500. The third-order valence-corrected chi connectivity index (χ3v) is 8.97. The molecule has 14 heteroatoms. The Morgan fingerprint density at radius 3 is 2.48 bits per heavy atom. The summed E-state index contributed by atoms with van der Waals surface area (Å²) in [5.41, 5.74) is 2.45. The quantitative estimate of drug-likeness (QED) is 0.289. The Hall–Kier alpha value is -4.61. The van der Waals surface area contributed by atoms with Crippen LogP contribution in [0.2, 0.25) is 0 Å². The molecular formula is C30H35N11O3. The van der Waals surface area contributed by atoms with Crippen molar-refractivity contribution < 1.29 is 14.6 Å². The number of tetrazole rings is 1. The van der Waals surface area contributed by atoms with E-state index in [0.29, 0.717) is 47.6 Å². The van der Waals surface area contributed by atoms with Gasteiger partial charge in [-0.15, -0.1) is 10.2 Å². The van der Waals surface area contributed by atoms with Gasteiger partial charge in [0.15, 0.2) is 0 Å². The zero-order valence-electron chi connectivity index (χ0n) is 24.5. The van der Waals surface area contributed by atoms with Crippen LogP contribution in [0.3, 0.4) is 0 Å². The summed E-state index contributed by atoms with van der Waals surface area (Å²) in [6.45, 7) is 4.06. The van der Waals surface area contributed by atoms with Crippen LogP contribution < -0.4 is 10.1 Å². The summed E-state index contributed by atoms with van der Waals surface area (Å²) in [6.07, 6.45) is 13.3. The second kappa shape index (κ2) is 12.2. The highest BCUT2D eigenvalue weighted by Crippen LogP contribution is 2.39. The Labute approximate surface area is 254 Å². The van der Waals surface area contributed by atoms with Gasteiger partial charge in [0.2, 0.25) is 5.95 Å². The van der Waals surface area contributed by atoms with Crippen LogP contribution in [0.15, 0.2) is 43.1 Å². The highest BCUT2D eigenvalue weighted by atomic mass is 16.5. The standard InChI is InChI=1S/C30H35N11O3/c1-19(14-39-18-34-37-38-39)44-28-10-20(2-3-21(28)11-31)22-12-32-30(33-13-22)35-27-15-40(36-29(27)42)23-4-6-24(7-5-23)41-25-8-9-26(41)17-43-16-25/h2-3,10,12-13,15,18-19,23-26H,4-9,14,16-17H2,1H3,(H,36,42)(H,32,33,35)/t19-,23?,24?,25-,26+/m0/s1. The van der Waals surface area contributed by atoms with Crippen LogP contribution >= 0.6 is 0 Å². The molecule has 2 N–H and O–H groups in total. The number of fused-ring (bicyclic) bond motifs is 2. The van der Waals surface area contributed by atoms with E-state index in [4.69, 9.17) is 9.47 Å². The van der Waals surface area contributed by atoms with Crippen molar-refractivity contribution in [1.82, 2.24) is 44.9 Å². The van der Waals surface area contributed by atoms with Crippen molar-refractivity contribution in [1.29, 1.82) is 5.26 Å². The van der Waals surface area contributed by atoms with Gasteiger partial charge < -0.3 is 19.9 Å².